The van der Waals surface area contributed by atoms with Crippen molar-refractivity contribution >= 4 is 17.6 Å². The summed E-state index contributed by atoms with van der Waals surface area (Å²) in [5.74, 6) is -0.107. The second-order valence-electron chi connectivity index (χ2n) is 3.44. The molecule has 0 amide bonds. The number of rotatable bonds is 2. The summed E-state index contributed by atoms with van der Waals surface area (Å²) in [6.45, 7) is 7.69. The average Bonchev–Trinajstić information content (AvgIpc) is 2.41. The molecule has 0 saturated carbocycles. The first-order valence-corrected chi connectivity index (χ1v) is 4.69. The van der Waals surface area contributed by atoms with Gasteiger partial charge < -0.3 is 4.74 Å². The Hall–Kier alpha value is -0.760. The first-order valence-electron chi connectivity index (χ1n) is 4.25. The molecule has 13 heavy (non-hydrogen) atoms. The maximum absolute atomic E-state index is 11.3. The van der Waals surface area contributed by atoms with E-state index in [1.54, 1.807) is 6.08 Å². The zero-order chi connectivity index (χ0) is 10.0. The number of hydrogen-bond donors (Lipinski definition) is 0. The van der Waals surface area contributed by atoms with E-state index in [0.717, 1.165) is 0 Å². The van der Waals surface area contributed by atoms with Crippen LogP contribution in [0.1, 0.15) is 13.8 Å². The van der Waals surface area contributed by atoms with Gasteiger partial charge in [0, 0.05) is 11.5 Å². The van der Waals surface area contributed by atoms with Crippen LogP contribution in [0.3, 0.4) is 0 Å². The Labute approximate surface area is 83.2 Å². The normalized spacial score (nSPS) is 31.1. The summed E-state index contributed by atoms with van der Waals surface area (Å²) in [5.41, 5.74) is 1.80. The number of esters is 1. The van der Waals surface area contributed by atoms with Gasteiger partial charge in [0.15, 0.2) is 0 Å². The molecule has 1 aliphatic rings. The Balaban J connectivity index is 2.94. The SMILES string of the molecule is C=C[C@@H]1/C(=C/Cl)C(=O)O[C@@H]1C(C)C. The van der Waals surface area contributed by atoms with Gasteiger partial charge in [0.1, 0.15) is 6.10 Å². The van der Waals surface area contributed by atoms with E-state index in [9.17, 15) is 4.79 Å². The Kier molecular flexibility index (Phi) is 3.15. The highest BCUT2D eigenvalue weighted by Gasteiger charge is 2.39. The number of carbonyl (C=O) groups is 1. The van der Waals surface area contributed by atoms with Crippen molar-refractivity contribution in [3.8, 4) is 0 Å². The summed E-state index contributed by atoms with van der Waals surface area (Å²) < 4.78 is 5.17. The number of hydrogen-bond acceptors (Lipinski definition) is 2. The molecule has 0 unspecified atom stereocenters. The van der Waals surface area contributed by atoms with Crippen molar-refractivity contribution in [3.63, 3.8) is 0 Å². The first kappa shape index (κ1) is 10.3. The maximum atomic E-state index is 11.3. The lowest BCUT2D eigenvalue weighted by Gasteiger charge is -2.17. The first-order chi connectivity index (χ1) is 6.11. The van der Waals surface area contributed by atoms with Crippen molar-refractivity contribution in [2.75, 3.05) is 0 Å². The monoisotopic (exact) mass is 200 g/mol. The molecule has 1 saturated heterocycles. The summed E-state index contributed by atoms with van der Waals surface area (Å²) in [5, 5.41) is 0. The van der Waals surface area contributed by atoms with Crippen LogP contribution < -0.4 is 0 Å². The van der Waals surface area contributed by atoms with Crippen molar-refractivity contribution in [3.05, 3.63) is 23.8 Å². The molecular weight excluding hydrogens is 188 g/mol. The molecule has 0 radical (unpaired) electrons. The number of halogens is 1. The van der Waals surface area contributed by atoms with Crippen LogP contribution in [-0.4, -0.2) is 12.1 Å². The van der Waals surface area contributed by atoms with Gasteiger partial charge in [-0.2, -0.15) is 0 Å². The van der Waals surface area contributed by atoms with Crippen LogP contribution in [0.25, 0.3) is 0 Å². The molecule has 1 rings (SSSR count). The van der Waals surface area contributed by atoms with E-state index in [1.165, 1.54) is 5.54 Å². The smallest absolute Gasteiger partial charge is 0.335 e. The Morgan fingerprint density at radius 1 is 1.62 bits per heavy atom. The van der Waals surface area contributed by atoms with Gasteiger partial charge in [-0.3, -0.25) is 0 Å². The zero-order valence-electron chi connectivity index (χ0n) is 7.79. The van der Waals surface area contributed by atoms with E-state index in [0.29, 0.717) is 5.57 Å². The molecule has 1 heterocycles. The summed E-state index contributed by atoms with van der Waals surface area (Å²) in [7, 11) is 0. The molecule has 3 heteroatoms. The Bertz CT molecular complexity index is 256. The largest absolute Gasteiger partial charge is 0.458 e. The number of ether oxygens (including phenoxy) is 1. The van der Waals surface area contributed by atoms with E-state index in [-0.39, 0.29) is 23.9 Å². The fourth-order valence-electron chi connectivity index (χ4n) is 1.51. The minimum atomic E-state index is -0.321. The molecule has 0 aromatic carbocycles. The van der Waals surface area contributed by atoms with Gasteiger partial charge >= 0.3 is 5.97 Å². The third-order valence-electron chi connectivity index (χ3n) is 2.22. The molecule has 0 bridgehead atoms. The second-order valence-corrected chi connectivity index (χ2v) is 3.66. The van der Waals surface area contributed by atoms with Crippen LogP contribution in [0, 0.1) is 11.8 Å². The van der Waals surface area contributed by atoms with Crippen molar-refractivity contribution < 1.29 is 9.53 Å². The van der Waals surface area contributed by atoms with Crippen LogP contribution in [0.15, 0.2) is 23.8 Å². The number of carbonyl (C=O) groups excluding carboxylic acids is 1. The molecule has 1 fully saturated rings. The summed E-state index contributed by atoms with van der Waals surface area (Å²) in [6.07, 6.45) is 1.60. The standard InChI is InChI=1S/C10H13ClO2/c1-4-7-8(5-11)10(12)13-9(7)6(2)3/h4-7,9H,1H2,2-3H3/b8-5-/t7-,9-/m1/s1. The zero-order valence-corrected chi connectivity index (χ0v) is 8.54. The van der Waals surface area contributed by atoms with Gasteiger partial charge in [-0.25, -0.2) is 4.79 Å². The van der Waals surface area contributed by atoms with Crippen LogP contribution >= 0.6 is 11.6 Å². The van der Waals surface area contributed by atoms with E-state index in [2.05, 4.69) is 6.58 Å². The van der Waals surface area contributed by atoms with Crippen molar-refractivity contribution in [1.82, 2.24) is 0 Å². The summed E-state index contributed by atoms with van der Waals surface area (Å²) in [6, 6.07) is 0. The predicted octanol–water partition coefficient (Wildman–Crippen LogP) is 2.49. The van der Waals surface area contributed by atoms with Gasteiger partial charge in [0.05, 0.1) is 5.57 Å². The molecule has 0 N–H and O–H groups in total. The van der Waals surface area contributed by atoms with Crippen molar-refractivity contribution in [2.45, 2.75) is 20.0 Å². The fraction of sp³-hybridized carbons (Fsp3) is 0.500. The van der Waals surface area contributed by atoms with E-state index in [4.69, 9.17) is 16.3 Å². The van der Waals surface area contributed by atoms with Crippen LogP contribution in [0.5, 0.6) is 0 Å². The highest BCUT2D eigenvalue weighted by Crippen LogP contribution is 2.33. The number of cyclic esters (lactones) is 1. The lowest BCUT2D eigenvalue weighted by Crippen LogP contribution is -2.21. The van der Waals surface area contributed by atoms with Gasteiger partial charge in [0.25, 0.3) is 0 Å². The van der Waals surface area contributed by atoms with Crippen molar-refractivity contribution in [2.24, 2.45) is 11.8 Å². The topological polar surface area (TPSA) is 26.3 Å². The lowest BCUT2D eigenvalue weighted by atomic mass is 9.90. The van der Waals surface area contributed by atoms with Crippen LogP contribution in [-0.2, 0) is 9.53 Å². The highest BCUT2D eigenvalue weighted by atomic mass is 35.5. The average molecular weight is 201 g/mol. The second kappa shape index (κ2) is 3.97. The molecule has 2 atom stereocenters. The quantitative estimate of drug-likeness (QED) is 0.389. The molecule has 72 valence electrons. The van der Waals surface area contributed by atoms with Gasteiger partial charge in [-0.05, 0) is 5.92 Å². The minimum Gasteiger partial charge on any atom is -0.458 e. The molecule has 1 aliphatic heterocycles. The van der Waals surface area contributed by atoms with Crippen molar-refractivity contribution in [1.29, 1.82) is 0 Å². The third kappa shape index (κ3) is 1.78. The van der Waals surface area contributed by atoms with Crippen LogP contribution in [0.4, 0.5) is 0 Å². The lowest BCUT2D eigenvalue weighted by molar-refractivity contribution is -0.140. The molecule has 0 aliphatic carbocycles. The van der Waals surface area contributed by atoms with Gasteiger partial charge in [-0.1, -0.05) is 31.5 Å². The maximum Gasteiger partial charge on any atom is 0.335 e. The molecule has 0 aromatic rings. The summed E-state index contributed by atoms with van der Waals surface area (Å²) in [4.78, 5) is 11.3. The molecule has 0 aromatic heterocycles. The van der Waals surface area contributed by atoms with Gasteiger partial charge in [0.2, 0.25) is 0 Å². The summed E-state index contributed by atoms with van der Waals surface area (Å²) >= 11 is 5.54. The fourth-order valence-corrected chi connectivity index (χ4v) is 1.74. The predicted molar refractivity (Wildman–Crippen MR) is 52.3 cm³/mol. The van der Waals surface area contributed by atoms with Crippen LogP contribution in [0.2, 0.25) is 0 Å². The highest BCUT2D eigenvalue weighted by molar-refractivity contribution is 6.27. The van der Waals surface area contributed by atoms with E-state index in [1.807, 2.05) is 13.8 Å². The van der Waals surface area contributed by atoms with E-state index >= 15 is 0 Å². The molecular formula is C10H13ClO2. The van der Waals surface area contributed by atoms with E-state index < -0.39 is 0 Å². The third-order valence-corrected chi connectivity index (χ3v) is 2.46. The minimum absolute atomic E-state index is 0.0648. The Morgan fingerprint density at radius 3 is 2.62 bits per heavy atom. The molecule has 0 spiro atoms. The Morgan fingerprint density at radius 2 is 2.23 bits per heavy atom. The molecule has 2 nitrogen and oxygen atoms in total. The van der Waals surface area contributed by atoms with Gasteiger partial charge in [-0.15, -0.1) is 6.58 Å².